The number of ether oxygens (including phenoxy) is 1. The van der Waals surface area contributed by atoms with E-state index in [-0.39, 0.29) is 12.0 Å². The highest BCUT2D eigenvalue weighted by molar-refractivity contribution is 6.30. The van der Waals surface area contributed by atoms with Gasteiger partial charge < -0.3 is 15.0 Å². The first-order valence-corrected chi connectivity index (χ1v) is 8.33. The molecule has 2 amide bonds. The first-order valence-electron chi connectivity index (χ1n) is 7.96. The maximum absolute atomic E-state index is 12.3. The Labute approximate surface area is 141 Å². The molecule has 0 spiro atoms. The molecule has 0 bridgehead atoms. The maximum atomic E-state index is 12.3. The Balaban J connectivity index is 1.75. The summed E-state index contributed by atoms with van der Waals surface area (Å²) in [4.78, 5) is 25.2. The minimum absolute atomic E-state index is 0.0412. The van der Waals surface area contributed by atoms with Crippen molar-refractivity contribution < 1.29 is 14.3 Å². The number of benzene rings is 1. The molecule has 1 fully saturated rings. The van der Waals surface area contributed by atoms with Crippen molar-refractivity contribution in [3.63, 3.8) is 0 Å². The Morgan fingerprint density at radius 3 is 2.57 bits per heavy atom. The van der Waals surface area contributed by atoms with Crippen molar-refractivity contribution in [3.05, 3.63) is 34.9 Å². The van der Waals surface area contributed by atoms with Crippen LogP contribution in [-0.4, -0.2) is 36.6 Å². The van der Waals surface area contributed by atoms with Gasteiger partial charge in [0.15, 0.2) is 0 Å². The summed E-state index contributed by atoms with van der Waals surface area (Å²) in [6.07, 6.45) is 3.99. The van der Waals surface area contributed by atoms with Crippen LogP contribution in [-0.2, 0) is 16.1 Å². The molecule has 2 rings (SSSR count). The Morgan fingerprint density at radius 1 is 1.26 bits per heavy atom. The number of rotatable bonds is 8. The average Bonchev–Trinajstić information content (AvgIpc) is 3.38. The van der Waals surface area contributed by atoms with E-state index in [1.807, 2.05) is 29.2 Å². The van der Waals surface area contributed by atoms with E-state index in [9.17, 15) is 9.59 Å². The lowest BCUT2D eigenvalue weighted by Gasteiger charge is -2.23. The van der Waals surface area contributed by atoms with Gasteiger partial charge in [0, 0.05) is 30.6 Å². The number of carbonyl (C=O) groups excluding carboxylic acids is 2. The van der Waals surface area contributed by atoms with Gasteiger partial charge in [0.2, 0.25) is 0 Å². The number of urea groups is 1. The largest absolute Gasteiger partial charge is 0.469 e. The van der Waals surface area contributed by atoms with Gasteiger partial charge in [-0.2, -0.15) is 0 Å². The Hall–Kier alpha value is -1.75. The molecule has 1 aliphatic rings. The van der Waals surface area contributed by atoms with Crippen molar-refractivity contribution in [3.8, 4) is 0 Å². The first-order chi connectivity index (χ1) is 11.1. The number of carbonyl (C=O) groups is 2. The highest BCUT2D eigenvalue weighted by Gasteiger charge is 2.32. The van der Waals surface area contributed by atoms with Crippen LogP contribution >= 0.6 is 11.6 Å². The second-order valence-electron chi connectivity index (χ2n) is 5.75. The van der Waals surface area contributed by atoms with Gasteiger partial charge in [0.25, 0.3) is 0 Å². The second-order valence-corrected chi connectivity index (χ2v) is 6.19. The molecule has 0 aliphatic heterocycles. The molecule has 1 saturated carbocycles. The molecular weight excluding hydrogens is 316 g/mol. The van der Waals surface area contributed by atoms with Crippen LogP contribution in [0.2, 0.25) is 5.02 Å². The highest BCUT2D eigenvalue weighted by Crippen LogP contribution is 2.28. The van der Waals surface area contributed by atoms with Crippen LogP contribution in [0, 0.1) is 0 Å². The van der Waals surface area contributed by atoms with Gasteiger partial charge in [-0.1, -0.05) is 23.7 Å². The van der Waals surface area contributed by atoms with Gasteiger partial charge in [-0.05, 0) is 43.4 Å². The first kappa shape index (κ1) is 17.6. The molecule has 1 aromatic rings. The SMILES string of the molecule is COC(=O)CCCCNC(=O)N(Cc1ccc(Cl)cc1)C1CC1. The molecule has 6 heteroatoms. The molecule has 0 unspecified atom stereocenters. The molecule has 1 aromatic carbocycles. The number of hydrogen-bond acceptors (Lipinski definition) is 3. The quantitative estimate of drug-likeness (QED) is 0.584. The standard InChI is InChI=1S/C17H23ClN2O3/c1-23-16(21)4-2-3-11-19-17(22)20(15-9-10-15)12-13-5-7-14(18)8-6-13/h5-8,15H,2-4,9-12H2,1H3,(H,19,22). The summed E-state index contributed by atoms with van der Waals surface area (Å²) < 4.78 is 4.59. The monoisotopic (exact) mass is 338 g/mol. The van der Waals surface area contributed by atoms with E-state index in [0.717, 1.165) is 24.8 Å². The van der Waals surface area contributed by atoms with Crippen molar-refractivity contribution in [2.24, 2.45) is 0 Å². The summed E-state index contributed by atoms with van der Waals surface area (Å²) in [6, 6.07) is 7.86. The van der Waals surface area contributed by atoms with Gasteiger partial charge in [0.05, 0.1) is 7.11 Å². The van der Waals surface area contributed by atoms with Crippen LogP contribution in [0.4, 0.5) is 4.79 Å². The molecule has 126 valence electrons. The molecule has 0 radical (unpaired) electrons. The van der Waals surface area contributed by atoms with Crippen molar-refractivity contribution in [2.45, 2.75) is 44.7 Å². The third-order valence-electron chi connectivity index (χ3n) is 3.83. The predicted molar refractivity (Wildman–Crippen MR) is 89.3 cm³/mol. The molecule has 5 nitrogen and oxygen atoms in total. The van der Waals surface area contributed by atoms with E-state index in [1.165, 1.54) is 7.11 Å². The van der Waals surface area contributed by atoms with E-state index in [4.69, 9.17) is 11.6 Å². The number of amides is 2. The molecule has 0 saturated heterocycles. The highest BCUT2D eigenvalue weighted by atomic mass is 35.5. The molecule has 1 aliphatic carbocycles. The molecule has 0 aromatic heterocycles. The van der Waals surface area contributed by atoms with Gasteiger partial charge in [-0.15, -0.1) is 0 Å². The van der Waals surface area contributed by atoms with E-state index in [0.29, 0.717) is 37.0 Å². The lowest BCUT2D eigenvalue weighted by molar-refractivity contribution is -0.140. The fourth-order valence-electron chi connectivity index (χ4n) is 2.33. The van der Waals surface area contributed by atoms with Gasteiger partial charge >= 0.3 is 12.0 Å². The minimum atomic E-state index is -0.210. The zero-order valence-corrected chi connectivity index (χ0v) is 14.1. The fraction of sp³-hybridized carbons (Fsp3) is 0.529. The van der Waals surface area contributed by atoms with E-state index in [1.54, 1.807) is 0 Å². The molecule has 23 heavy (non-hydrogen) atoms. The number of hydrogen-bond donors (Lipinski definition) is 1. The summed E-state index contributed by atoms with van der Waals surface area (Å²) in [6.45, 7) is 1.16. The third-order valence-corrected chi connectivity index (χ3v) is 4.08. The number of esters is 1. The van der Waals surface area contributed by atoms with Gasteiger partial charge in [0.1, 0.15) is 0 Å². The summed E-state index contributed by atoms with van der Waals surface area (Å²) >= 11 is 5.89. The van der Waals surface area contributed by atoms with Crippen molar-refractivity contribution in [1.82, 2.24) is 10.2 Å². The molecule has 0 heterocycles. The summed E-state index contributed by atoms with van der Waals surface area (Å²) in [5.74, 6) is -0.210. The number of nitrogens with one attached hydrogen (secondary N) is 1. The minimum Gasteiger partial charge on any atom is -0.469 e. The van der Waals surface area contributed by atoms with Crippen molar-refractivity contribution in [1.29, 1.82) is 0 Å². The van der Waals surface area contributed by atoms with Crippen LogP contribution in [0.25, 0.3) is 0 Å². The Kier molecular flexibility index (Phi) is 6.71. The number of nitrogens with zero attached hydrogens (tertiary/aromatic N) is 1. The van der Waals surface area contributed by atoms with Gasteiger partial charge in [-0.3, -0.25) is 4.79 Å². The third kappa shape index (κ3) is 6.10. The van der Waals surface area contributed by atoms with Crippen molar-refractivity contribution in [2.75, 3.05) is 13.7 Å². The van der Waals surface area contributed by atoms with Crippen LogP contribution in [0.15, 0.2) is 24.3 Å². The zero-order valence-electron chi connectivity index (χ0n) is 13.4. The summed E-state index contributed by atoms with van der Waals surface area (Å²) in [7, 11) is 1.38. The molecule has 0 atom stereocenters. The normalized spacial score (nSPS) is 13.5. The number of methoxy groups -OCH3 is 1. The average molecular weight is 339 g/mol. The maximum Gasteiger partial charge on any atom is 0.317 e. The smallest absolute Gasteiger partial charge is 0.317 e. The second kappa shape index (κ2) is 8.77. The predicted octanol–water partition coefficient (Wildman–Crippen LogP) is 3.36. The van der Waals surface area contributed by atoms with E-state index in [2.05, 4.69) is 10.1 Å². The van der Waals surface area contributed by atoms with Crippen LogP contribution in [0.5, 0.6) is 0 Å². The Morgan fingerprint density at radius 2 is 1.96 bits per heavy atom. The topological polar surface area (TPSA) is 58.6 Å². The van der Waals surface area contributed by atoms with Crippen molar-refractivity contribution >= 4 is 23.6 Å². The lowest BCUT2D eigenvalue weighted by Crippen LogP contribution is -2.41. The Bertz CT molecular complexity index is 529. The van der Waals surface area contributed by atoms with E-state index >= 15 is 0 Å². The fourth-order valence-corrected chi connectivity index (χ4v) is 2.46. The van der Waals surface area contributed by atoms with Gasteiger partial charge in [-0.25, -0.2) is 4.79 Å². The van der Waals surface area contributed by atoms with Crippen LogP contribution in [0.3, 0.4) is 0 Å². The zero-order chi connectivity index (χ0) is 16.7. The molecular formula is C17H23ClN2O3. The number of unbranched alkanes of at least 4 members (excludes halogenated alkanes) is 1. The van der Waals surface area contributed by atoms with Crippen LogP contribution in [0.1, 0.15) is 37.7 Å². The van der Waals surface area contributed by atoms with E-state index < -0.39 is 0 Å². The lowest BCUT2D eigenvalue weighted by atomic mass is 10.2. The number of halogens is 1. The molecule has 1 N–H and O–H groups in total. The summed E-state index contributed by atoms with van der Waals surface area (Å²) in [5.41, 5.74) is 1.07. The van der Waals surface area contributed by atoms with Crippen LogP contribution < -0.4 is 5.32 Å². The summed E-state index contributed by atoms with van der Waals surface area (Å²) in [5, 5.41) is 3.63.